The van der Waals surface area contributed by atoms with Gasteiger partial charge >= 0.3 is 5.97 Å². The van der Waals surface area contributed by atoms with Gasteiger partial charge in [0.1, 0.15) is 0 Å². The zero-order valence-corrected chi connectivity index (χ0v) is 16.5. The van der Waals surface area contributed by atoms with Crippen LogP contribution in [0.25, 0.3) is 0 Å². The fourth-order valence-electron chi connectivity index (χ4n) is 2.49. The summed E-state index contributed by atoms with van der Waals surface area (Å²) in [5.41, 5.74) is 0.313. The van der Waals surface area contributed by atoms with E-state index >= 15 is 0 Å². The summed E-state index contributed by atoms with van der Waals surface area (Å²) >= 11 is 0. The Morgan fingerprint density at radius 2 is 1.81 bits per heavy atom. The second-order valence-corrected chi connectivity index (χ2v) is 7.70. The molecule has 1 N–H and O–H groups in total. The lowest BCUT2D eigenvalue weighted by Crippen LogP contribution is -2.31. The van der Waals surface area contributed by atoms with Crippen molar-refractivity contribution in [2.75, 3.05) is 26.7 Å². The molecule has 1 aromatic carbocycles. The number of sulfonamides is 1. The number of benzene rings is 1. The van der Waals surface area contributed by atoms with Gasteiger partial charge in [-0.25, -0.2) is 8.42 Å². The number of hydrogen-bond acceptors (Lipinski definition) is 5. The molecule has 1 aromatic rings. The average Bonchev–Trinajstić information content (AvgIpc) is 2.64. The molecule has 146 valence electrons. The van der Waals surface area contributed by atoms with Crippen molar-refractivity contribution in [3.05, 3.63) is 29.8 Å². The Morgan fingerprint density at radius 1 is 1.12 bits per heavy atom. The van der Waals surface area contributed by atoms with Crippen molar-refractivity contribution in [3.8, 4) is 0 Å². The number of carbonyl (C=O) groups excluding carboxylic acids is 2. The number of nitrogens with one attached hydrogen (secondary N) is 1. The maximum atomic E-state index is 12.5. The van der Waals surface area contributed by atoms with Crippen LogP contribution in [0.1, 0.15) is 49.9 Å². The van der Waals surface area contributed by atoms with Crippen LogP contribution in [0.4, 0.5) is 0 Å². The summed E-state index contributed by atoms with van der Waals surface area (Å²) in [6.45, 7) is 4.77. The number of carbonyl (C=O) groups is 2. The van der Waals surface area contributed by atoms with E-state index in [-0.39, 0.29) is 16.8 Å². The standard InChI is InChI=1S/C18H28N2O5S/c1-4-20(5-2)26(23,24)16-11-9-10-15(14-16)18(22)19-13-8-6-7-12-17(21)25-3/h9-11,14H,4-8,12-13H2,1-3H3,(H,19,22). The summed E-state index contributed by atoms with van der Waals surface area (Å²) in [5, 5.41) is 2.77. The minimum atomic E-state index is -3.59. The largest absolute Gasteiger partial charge is 0.469 e. The highest BCUT2D eigenvalue weighted by atomic mass is 32.2. The lowest BCUT2D eigenvalue weighted by Gasteiger charge is -2.18. The van der Waals surface area contributed by atoms with Gasteiger partial charge in [-0.2, -0.15) is 4.31 Å². The predicted octanol–water partition coefficient (Wildman–Crippen LogP) is 2.18. The first-order chi connectivity index (χ1) is 12.4. The third-order valence-electron chi connectivity index (χ3n) is 4.01. The molecular formula is C18H28N2O5S. The van der Waals surface area contributed by atoms with Crippen LogP contribution in [0.5, 0.6) is 0 Å². The molecular weight excluding hydrogens is 356 g/mol. The highest BCUT2D eigenvalue weighted by molar-refractivity contribution is 7.89. The Balaban J connectivity index is 2.59. The minimum absolute atomic E-state index is 0.118. The fourth-order valence-corrected chi connectivity index (χ4v) is 3.99. The van der Waals surface area contributed by atoms with Crippen LogP contribution in [0.15, 0.2) is 29.2 Å². The highest BCUT2D eigenvalue weighted by Crippen LogP contribution is 2.17. The first-order valence-electron chi connectivity index (χ1n) is 8.82. The van der Waals surface area contributed by atoms with E-state index in [1.54, 1.807) is 26.0 Å². The van der Waals surface area contributed by atoms with Gasteiger partial charge in [-0.1, -0.05) is 26.3 Å². The number of esters is 1. The van der Waals surface area contributed by atoms with Crippen molar-refractivity contribution in [2.24, 2.45) is 0 Å². The van der Waals surface area contributed by atoms with Gasteiger partial charge in [0.2, 0.25) is 10.0 Å². The van der Waals surface area contributed by atoms with Gasteiger partial charge in [0.15, 0.2) is 0 Å². The number of unbranched alkanes of at least 4 members (excludes halogenated alkanes) is 2. The first-order valence-corrected chi connectivity index (χ1v) is 10.3. The molecule has 0 radical (unpaired) electrons. The first kappa shape index (κ1) is 22.1. The Morgan fingerprint density at radius 3 is 2.42 bits per heavy atom. The fraction of sp³-hybridized carbons (Fsp3) is 0.556. The summed E-state index contributed by atoms with van der Waals surface area (Å²) in [6.07, 6.45) is 2.61. The number of ether oxygens (including phenoxy) is 1. The Hall–Kier alpha value is -1.93. The van der Waals surface area contributed by atoms with Crippen molar-refractivity contribution in [3.63, 3.8) is 0 Å². The van der Waals surface area contributed by atoms with Gasteiger partial charge in [0.25, 0.3) is 5.91 Å². The third kappa shape index (κ3) is 6.42. The number of amides is 1. The molecule has 0 fully saturated rings. The molecule has 0 saturated heterocycles. The quantitative estimate of drug-likeness (QED) is 0.466. The van der Waals surface area contributed by atoms with Crippen LogP contribution in [0.3, 0.4) is 0 Å². The van der Waals surface area contributed by atoms with E-state index in [2.05, 4.69) is 10.1 Å². The molecule has 1 amide bonds. The van der Waals surface area contributed by atoms with Crippen LogP contribution < -0.4 is 5.32 Å². The second kappa shape index (κ2) is 10.9. The Kier molecular flexibility index (Phi) is 9.29. The maximum Gasteiger partial charge on any atom is 0.305 e. The molecule has 0 atom stereocenters. The van der Waals surface area contributed by atoms with Crippen LogP contribution in [0.2, 0.25) is 0 Å². The number of hydrogen-bond donors (Lipinski definition) is 1. The predicted molar refractivity (Wildman–Crippen MR) is 99.4 cm³/mol. The normalized spacial score (nSPS) is 11.4. The molecule has 0 bridgehead atoms. The van der Waals surface area contributed by atoms with Crippen LogP contribution in [-0.4, -0.2) is 51.3 Å². The molecule has 0 aliphatic heterocycles. The summed E-state index contributed by atoms with van der Waals surface area (Å²) < 4.78 is 31.0. The van der Waals surface area contributed by atoms with E-state index in [9.17, 15) is 18.0 Å². The molecule has 8 heteroatoms. The highest BCUT2D eigenvalue weighted by Gasteiger charge is 2.22. The zero-order valence-electron chi connectivity index (χ0n) is 15.7. The van der Waals surface area contributed by atoms with E-state index in [0.29, 0.717) is 38.0 Å². The number of nitrogens with zero attached hydrogens (tertiary/aromatic N) is 1. The summed E-state index contributed by atoms with van der Waals surface area (Å²) in [5.74, 6) is -0.546. The van der Waals surface area contributed by atoms with Gasteiger partial charge in [-0.3, -0.25) is 9.59 Å². The molecule has 7 nitrogen and oxygen atoms in total. The molecule has 1 rings (SSSR count). The van der Waals surface area contributed by atoms with Crippen LogP contribution >= 0.6 is 0 Å². The summed E-state index contributed by atoms with van der Waals surface area (Å²) in [6, 6.07) is 6.06. The monoisotopic (exact) mass is 384 g/mol. The Labute approximate surface area is 155 Å². The van der Waals surface area contributed by atoms with Crippen molar-refractivity contribution >= 4 is 21.9 Å². The molecule has 0 aliphatic carbocycles. The molecule has 0 saturated carbocycles. The molecule has 26 heavy (non-hydrogen) atoms. The van der Waals surface area contributed by atoms with Crippen molar-refractivity contribution in [1.29, 1.82) is 0 Å². The van der Waals surface area contributed by atoms with Crippen LogP contribution in [0, 0.1) is 0 Å². The van der Waals surface area contributed by atoms with Gasteiger partial charge in [0, 0.05) is 31.6 Å². The van der Waals surface area contributed by atoms with Crippen molar-refractivity contribution in [1.82, 2.24) is 9.62 Å². The van der Waals surface area contributed by atoms with Gasteiger partial charge in [-0.15, -0.1) is 0 Å². The summed E-state index contributed by atoms with van der Waals surface area (Å²) in [4.78, 5) is 23.3. The van der Waals surface area contributed by atoms with Crippen molar-refractivity contribution in [2.45, 2.75) is 44.4 Å². The zero-order chi connectivity index (χ0) is 19.6. The molecule has 0 unspecified atom stereocenters. The van der Waals surface area contributed by atoms with Gasteiger partial charge in [0.05, 0.1) is 12.0 Å². The topological polar surface area (TPSA) is 92.8 Å². The number of methoxy groups -OCH3 is 1. The lowest BCUT2D eigenvalue weighted by atomic mass is 10.2. The molecule has 0 aromatic heterocycles. The van der Waals surface area contributed by atoms with Crippen molar-refractivity contribution < 1.29 is 22.7 Å². The van der Waals surface area contributed by atoms with Gasteiger partial charge in [-0.05, 0) is 31.0 Å². The molecule has 0 spiro atoms. The number of rotatable bonds is 11. The average molecular weight is 384 g/mol. The smallest absolute Gasteiger partial charge is 0.305 e. The maximum absolute atomic E-state index is 12.5. The Bertz CT molecular complexity index is 699. The van der Waals surface area contributed by atoms with E-state index in [1.807, 2.05) is 0 Å². The minimum Gasteiger partial charge on any atom is -0.469 e. The van der Waals surface area contributed by atoms with Gasteiger partial charge < -0.3 is 10.1 Å². The van der Waals surface area contributed by atoms with Crippen LogP contribution in [-0.2, 0) is 19.6 Å². The molecule has 0 aliphatic rings. The second-order valence-electron chi connectivity index (χ2n) is 5.76. The van der Waals surface area contributed by atoms with E-state index < -0.39 is 10.0 Å². The summed E-state index contributed by atoms with van der Waals surface area (Å²) in [7, 11) is -2.23. The lowest BCUT2D eigenvalue weighted by molar-refractivity contribution is -0.140. The van der Waals surface area contributed by atoms with E-state index in [4.69, 9.17) is 0 Å². The van der Waals surface area contributed by atoms with E-state index in [1.165, 1.54) is 23.5 Å². The SMILES string of the molecule is CCN(CC)S(=O)(=O)c1cccc(C(=O)NCCCCCC(=O)OC)c1. The van der Waals surface area contributed by atoms with E-state index in [0.717, 1.165) is 12.8 Å². The molecule has 0 heterocycles. The third-order valence-corrected chi connectivity index (χ3v) is 6.06.